The number of hydrogen-bond acceptors (Lipinski definition) is 3. The molecule has 1 aromatic rings. The van der Waals surface area contributed by atoms with Crippen LogP contribution in [0.5, 0.6) is 0 Å². The molecule has 0 spiro atoms. The van der Waals surface area contributed by atoms with Crippen molar-refractivity contribution in [2.75, 3.05) is 26.2 Å². The maximum absolute atomic E-state index is 11.0. The highest BCUT2D eigenvalue weighted by Crippen LogP contribution is 2.36. The fraction of sp³-hybridized carbons (Fsp3) is 0.632. The van der Waals surface area contributed by atoms with E-state index in [4.69, 9.17) is 5.11 Å². The average Bonchev–Trinajstić information content (AvgIpc) is 2.57. The van der Waals surface area contributed by atoms with Gasteiger partial charge < -0.3 is 5.11 Å². The number of carboxylic acid groups (broad SMARTS) is 1. The first-order valence-corrected chi connectivity index (χ1v) is 8.90. The quantitative estimate of drug-likeness (QED) is 0.854. The fourth-order valence-electron chi connectivity index (χ4n) is 4.37. The van der Waals surface area contributed by atoms with Crippen molar-refractivity contribution >= 4 is 30.8 Å². The third-order valence-electron chi connectivity index (χ3n) is 5.56. The van der Waals surface area contributed by atoms with Gasteiger partial charge in [0.25, 0.3) is 0 Å². The van der Waals surface area contributed by atoms with Gasteiger partial charge in [0.2, 0.25) is 0 Å². The van der Waals surface area contributed by atoms with Gasteiger partial charge in [0, 0.05) is 31.7 Å². The summed E-state index contributed by atoms with van der Waals surface area (Å²) in [7, 11) is 0. The molecule has 2 fully saturated rings. The molecule has 142 valence electrons. The van der Waals surface area contributed by atoms with Crippen LogP contribution in [0.3, 0.4) is 0 Å². The molecule has 2 aliphatic rings. The normalized spacial score (nSPS) is 27.8. The van der Waals surface area contributed by atoms with Crippen molar-refractivity contribution in [3.63, 3.8) is 0 Å². The molecule has 1 saturated heterocycles. The number of rotatable bonds is 4. The molecule has 1 aromatic carbocycles. The Morgan fingerprint density at radius 1 is 1.12 bits per heavy atom. The first-order chi connectivity index (χ1) is 11.1. The Morgan fingerprint density at radius 2 is 1.80 bits per heavy atom. The molecule has 0 radical (unpaired) electrons. The van der Waals surface area contributed by atoms with E-state index >= 15 is 0 Å². The predicted molar refractivity (Wildman–Crippen MR) is 106 cm³/mol. The Kier molecular flexibility index (Phi) is 9.22. The van der Waals surface area contributed by atoms with Gasteiger partial charge in [-0.3, -0.25) is 14.6 Å². The Balaban J connectivity index is 0.00000156. The lowest BCUT2D eigenvalue weighted by Gasteiger charge is -2.46. The van der Waals surface area contributed by atoms with Crippen LogP contribution in [0.2, 0.25) is 0 Å². The van der Waals surface area contributed by atoms with Gasteiger partial charge in [-0.05, 0) is 31.2 Å². The maximum Gasteiger partial charge on any atom is 0.317 e. The number of halogens is 2. The largest absolute Gasteiger partial charge is 0.480 e. The third-order valence-corrected chi connectivity index (χ3v) is 5.56. The minimum Gasteiger partial charge on any atom is -0.480 e. The number of hydrogen-bond donors (Lipinski definition) is 1. The Labute approximate surface area is 163 Å². The number of carboxylic acids is 1. The van der Waals surface area contributed by atoms with Crippen LogP contribution in [0.25, 0.3) is 0 Å². The van der Waals surface area contributed by atoms with Gasteiger partial charge in [-0.1, -0.05) is 43.2 Å². The van der Waals surface area contributed by atoms with E-state index in [9.17, 15) is 4.79 Å². The summed E-state index contributed by atoms with van der Waals surface area (Å²) in [5, 5.41) is 9.03. The number of aliphatic carboxylic acids is 1. The van der Waals surface area contributed by atoms with E-state index in [1.807, 2.05) is 0 Å². The van der Waals surface area contributed by atoms with E-state index in [1.165, 1.54) is 31.2 Å². The van der Waals surface area contributed by atoms with Gasteiger partial charge in [0.05, 0.1) is 6.54 Å². The monoisotopic (exact) mass is 388 g/mol. The van der Waals surface area contributed by atoms with Crippen molar-refractivity contribution in [2.45, 2.75) is 50.6 Å². The minimum atomic E-state index is -0.717. The van der Waals surface area contributed by atoms with Crippen LogP contribution < -0.4 is 0 Å². The van der Waals surface area contributed by atoms with Crippen LogP contribution in [0.15, 0.2) is 30.3 Å². The molecule has 1 saturated carbocycles. The second-order valence-corrected chi connectivity index (χ2v) is 7.08. The van der Waals surface area contributed by atoms with E-state index in [2.05, 4.69) is 47.1 Å². The van der Waals surface area contributed by atoms with E-state index in [-0.39, 0.29) is 31.4 Å². The standard InChI is InChI=1S/C19H28N2O2.2ClH/c1-15-13-21(12-11-20(15)14-19(22)23)18-10-6-5-9-17(18)16-7-3-2-4-8-16;;/h2-4,7-8,15,17-18H,5-6,9-14H2,1H3,(H,22,23);2*1H/t15-,17?,18?;;/m1../s1. The van der Waals surface area contributed by atoms with Crippen LogP contribution in [0, 0.1) is 0 Å². The molecular formula is C19H30Cl2N2O2. The fourth-order valence-corrected chi connectivity index (χ4v) is 4.37. The molecule has 3 atom stereocenters. The predicted octanol–water partition coefficient (Wildman–Crippen LogP) is 3.65. The van der Waals surface area contributed by atoms with Gasteiger partial charge in [0.1, 0.15) is 0 Å². The SMILES string of the molecule is C[C@@H]1CN(C2CCCCC2c2ccccc2)CCN1CC(=O)O.Cl.Cl. The molecule has 6 heteroatoms. The van der Waals surface area contributed by atoms with Gasteiger partial charge >= 0.3 is 5.97 Å². The molecular weight excluding hydrogens is 359 g/mol. The van der Waals surface area contributed by atoms with E-state index < -0.39 is 5.97 Å². The molecule has 0 aromatic heterocycles. The summed E-state index contributed by atoms with van der Waals surface area (Å²) in [6.07, 6.45) is 5.19. The van der Waals surface area contributed by atoms with Crippen LogP contribution in [0.1, 0.15) is 44.1 Å². The van der Waals surface area contributed by atoms with Crippen LogP contribution in [0.4, 0.5) is 0 Å². The zero-order valence-corrected chi connectivity index (χ0v) is 16.5. The van der Waals surface area contributed by atoms with Gasteiger partial charge in [-0.2, -0.15) is 0 Å². The van der Waals surface area contributed by atoms with Gasteiger partial charge in [-0.25, -0.2) is 0 Å². The molecule has 1 N–H and O–H groups in total. The highest BCUT2D eigenvalue weighted by molar-refractivity contribution is 5.85. The summed E-state index contributed by atoms with van der Waals surface area (Å²) in [5.41, 5.74) is 1.47. The van der Waals surface area contributed by atoms with Crippen molar-refractivity contribution in [3.05, 3.63) is 35.9 Å². The molecule has 4 nitrogen and oxygen atoms in total. The third kappa shape index (κ3) is 5.58. The topological polar surface area (TPSA) is 43.8 Å². The second kappa shape index (κ2) is 10.4. The Morgan fingerprint density at radius 3 is 2.44 bits per heavy atom. The van der Waals surface area contributed by atoms with Gasteiger partial charge in [-0.15, -0.1) is 24.8 Å². The first-order valence-electron chi connectivity index (χ1n) is 8.90. The number of carbonyl (C=O) groups is 1. The van der Waals surface area contributed by atoms with E-state index in [1.54, 1.807) is 0 Å². The van der Waals surface area contributed by atoms with Crippen LogP contribution >= 0.6 is 24.8 Å². The lowest BCUT2D eigenvalue weighted by molar-refractivity contribution is -0.139. The Bertz CT molecular complexity index is 529. The first kappa shape index (κ1) is 22.2. The molecule has 1 aliphatic heterocycles. The van der Waals surface area contributed by atoms with Crippen molar-refractivity contribution in [1.29, 1.82) is 0 Å². The number of benzene rings is 1. The van der Waals surface area contributed by atoms with Gasteiger partial charge in [0.15, 0.2) is 0 Å². The molecule has 2 unspecified atom stereocenters. The number of piperazine rings is 1. The lowest BCUT2D eigenvalue weighted by atomic mass is 9.79. The maximum atomic E-state index is 11.0. The highest BCUT2D eigenvalue weighted by atomic mass is 35.5. The zero-order valence-electron chi connectivity index (χ0n) is 14.8. The summed E-state index contributed by atoms with van der Waals surface area (Å²) >= 11 is 0. The second-order valence-electron chi connectivity index (χ2n) is 7.08. The van der Waals surface area contributed by atoms with Crippen LogP contribution in [-0.2, 0) is 4.79 Å². The van der Waals surface area contributed by atoms with Crippen molar-refractivity contribution in [2.24, 2.45) is 0 Å². The molecule has 1 heterocycles. The minimum absolute atomic E-state index is 0. The summed E-state index contributed by atoms with van der Waals surface area (Å²) < 4.78 is 0. The van der Waals surface area contributed by atoms with Crippen molar-refractivity contribution in [1.82, 2.24) is 9.80 Å². The summed E-state index contributed by atoms with van der Waals surface area (Å²) in [5.74, 6) is -0.0895. The van der Waals surface area contributed by atoms with E-state index in [0.717, 1.165) is 19.6 Å². The Hall–Kier alpha value is -0.810. The van der Waals surface area contributed by atoms with Crippen LogP contribution in [-0.4, -0.2) is 59.1 Å². The van der Waals surface area contributed by atoms with E-state index in [0.29, 0.717) is 18.0 Å². The summed E-state index contributed by atoms with van der Waals surface area (Å²) in [4.78, 5) is 15.7. The molecule has 1 aliphatic carbocycles. The summed E-state index contributed by atoms with van der Waals surface area (Å²) in [6, 6.07) is 11.9. The molecule has 25 heavy (non-hydrogen) atoms. The smallest absolute Gasteiger partial charge is 0.317 e. The highest BCUT2D eigenvalue weighted by Gasteiger charge is 2.35. The van der Waals surface area contributed by atoms with Crippen molar-refractivity contribution < 1.29 is 9.90 Å². The molecule has 0 bridgehead atoms. The molecule has 3 rings (SSSR count). The zero-order chi connectivity index (χ0) is 16.2. The van der Waals surface area contributed by atoms with Crippen molar-refractivity contribution in [3.8, 4) is 0 Å². The lowest BCUT2D eigenvalue weighted by Crippen LogP contribution is -2.57. The molecule has 0 amide bonds. The average molecular weight is 389 g/mol. The number of nitrogens with zero attached hydrogens (tertiary/aromatic N) is 2. The summed E-state index contributed by atoms with van der Waals surface area (Å²) in [6.45, 7) is 5.18.